The zero-order valence-electron chi connectivity index (χ0n) is 13.7. The van der Waals surface area contributed by atoms with Crippen molar-refractivity contribution in [2.45, 2.75) is 31.2 Å². The van der Waals surface area contributed by atoms with Gasteiger partial charge in [-0.15, -0.1) is 0 Å². The van der Waals surface area contributed by atoms with Crippen LogP contribution in [0.2, 0.25) is 0 Å². The number of fused-ring (bicyclic) bond motifs is 1. The van der Waals surface area contributed by atoms with Crippen LogP contribution in [-0.2, 0) is 0 Å². The minimum absolute atomic E-state index is 0.302. The molecule has 3 aromatic rings. The molecule has 0 aromatic carbocycles. The van der Waals surface area contributed by atoms with E-state index in [9.17, 15) is 0 Å². The first-order chi connectivity index (χ1) is 11.8. The molecule has 0 amide bonds. The highest BCUT2D eigenvalue weighted by molar-refractivity contribution is 6.02. The summed E-state index contributed by atoms with van der Waals surface area (Å²) in [5, 5.41) is 12.2. The molecule has 1 spiro atoms. The van der Waals surface area contributed by atoms with Crippen molar-refractivity contribution in [3.05, 3.63) is 30.7 Å². The lowest BCUT2D eigenvalue weighted by molar-refractivity contribution is 0.280. The fraction of sp³-hybridized carbons (Fsp3) is 0.444. The number of H-pyrrole nitrogens is 2. The first-order valence-corrected chi connectivity index (χ1v) is 8.81. The molecule has 1 unspecified atom stereocenters. The van der Waals surface area contributed by atoms with E-state index in [1.54, 1.807) is 0 Å². The summed E-state index contributed by atoms with van der Waals surface area (Å²) < 4.78 is 0. The third-order valence-electron chi connectivity index (χ3n) is 5.60. The van der Waals surface area contributed by atoms with Gasteiger partial charge in [0.05, 0.1) is 16.8 Å². The molecule has 3 aromatic heterocycles. The summed E-state index contributed by atoms with van der Waals surface area (Å²) in [6.07, 6.45) is 10.9. The van der Waals surface area contributed by atoms with Gasteiger partial charge in [0.25, 0.3) is 0 Å². The molecule has 0 bridgehead atoms. The Morgan fingerprint density at radius 1 is 1.17 bits per heavy atom. The van der Waals surface area contributed by atoms with E-state index in [2.05, 4.69) is 36.4 Å². The maximum atomic E-state index is 4.51. The number of hydrogen-bond donors (Lipinski definition) is 3. The van der Waals surface area contributed by atoms with Crippen LogP contribution in [0.4, 0.5) is 5.69 Å². The number of piperidine rings is 1. The molecule has 24 heavy (non-hydrogen) atoms. The second-order valence-electron chi connectivity index (χ2n) is 7.05. The molecular weight excluding hydrogens is 300 g/mol. The Bertz CT molecular complexity index is 844. The molecule has 124 valence electrons. The summed E-state index contributed by atoms with van der Waals surface area (Å²) in [7, 11) is 0. The third kappa shape index (κ3) is 2.13. The summed E-state index contributed by atoms with van der Waals surface area (Å²) in [4.78, 5) is 10.3. The number of aromatic nitrogens is 4. The zero-order valence-corrected chi connectivity index (χ0v) is 13.7. The van der Waals surface area contributed by atoms with Gasteiger partial charge in [-0.05, 0) is 37.9 Å². The number of hydrogen-bond acceptors (Lipinski definition) is 4. The van der Waals surface area contributed by atoms with E-state index >= 15 is 0 Å². The van der Waals surface area contributed by atoms with E-state index in [0.717, 1.165) is 36.5 Å². The van der Waals surface area contributed by atoms with E-state index in [1.165, 1.54) is 36.8 Å². The standard InChI is InChI=1S/C18H22N6/c1-2-7-21-18(5-1)6-10-24(12-18)15-4-8-19-17-16(15)13(11-20-17)14-3-9-22-23-14/h3-4,8-9,11,21H,1-2,5-7,10,12H2,(H,19,20)(H,22,23). The summed E-state index contributed by atoms with van der Waals surface area (Å²) >= 11 is 0. The van der Waals surface area contributed by atoms with Gasteiger partial charge in [0.1, 0.15) is 5.65 Å². The van der Waals surface area contributed by atoms with Crippen molar-refractivity contribution in [1.82, 2.24) is 25.5 Å². The van der Waals surface area contributed by atoms with Crippen LogP contribution in [-0.4, -0.2) is 45.3 Å². The van der Waals surface area contributed by atoms with Crippen LogP contribution >= 0.6 is 0 Å². The molecule has 2 fully saturated rings. The molecule has 2 saturated heterocycles. The van der Waals surface area contributed by atoms with E-state index in [4.69, 9.17) is 0 Å². The summed E-state index contributed by atoms with van der Waals surface area (Å²) in [5.41, 5.74) is 4.58. The van der Waals surface area contributed by atoms with Crippen molar-refractivity contribution in [2.75, 3.05) is 24.5 Å². The van der Waals surface area contributed by atoms with Crippen molar-refractivity contribution < 1.29 is 0 Å². The van der Waals surface area contributed by atoms with Gasteiger partial charge >= 0.3 is 0 Å². The Balaban J connectivity index is 1.56. The molecule has 3 N–H and O–H groups in total. The van der Waals surface area contributed by atoms with Crippen molar-refractivity contribution in [3.63, 3.8) is 0 Å². The fourth-order valence-electron chi connectivity index (χ4n) is 4.37. The SMILES string of the molecule is c1cc(N2CCC3(CCCCN3)C2)c2c(-c3cc[nH]n3)c[nH]c2n1. The average Bonchev–Trinajstić information content (AvgIpc) is 3.34. The van der Waals surface area contributed by atoms with Crippen molar-refractivity contribution in [1.29, 1.82) is 0 Å². The molecular formula is C18H22N6. The Labute approximate surface area is 140 Å². The van der Waals surface area contributed by atoms with Gasteiger partial charge in [-0.1, -0.05) is 6.42 Å². The highest BCUT2D eigenvalue weighted by atomic mass is 15.2. The maximum Gasteiger partial charge on any atom is 0.140 e. The van der Waals surface area contributed by atoms with Gasteiger partial charge < -0.3 is 15.2 Å². The average molecular weight is 322 g/mol. The van der Waals surface area contributed by atoms with Crippen LogP contribution in [0.3, 0.4) is 0 Å². The van der Waals surface area contributed by atoms with Crippen molar-refractivity contribution in [3.8, 4) is 11.3 Å². The quantitative estimate of drug-likeness (QED) is 0.678. The monoisotopic (exact) mass is 322 g/mol. The lowest BCUT2D eigenvalue weighted by atomic mass is 9.88. The summed E-state index contributed by atoms with van der Waals surface area (Å²) in [6.45, 7) is 3.33. The molecule has 1 atom stereocenters. The van der Waals surface area contributed by atoms with E-state index in [0.29, 0.717) is 5.54 Å². The Morgan fingerprint density at radius 3 is 3.00 bits per heavy atom. The minimum atomic E-state index is 0.302. The van der Waals surface area contributed by atoms with Gasteiger partial charge in [-0.3, -0.25) is 5.10 Å². The number of aromatic amines is 2. The molecule has 0 saturated carbocycles. The van der Waals surface area contributed by atoms with Crippen LogP contribution in [0, 0.1) is 0 Å². The van der Waals surface area contributed by atoms with Gasteiger partial charge in [0, 0.05) is 42.8 Å². The van der Waals surface area contributed by atoms with Crippen molar-refractivity contribution >= 4 is 16.7 Å². The number of pyridine rings is 1. The number of anilines is 1. The fourth-order valence-corrected chi connectivity index (χ4v) is 4.37. The second kappa shape index (κ2) is 5.34. The lowest BCUT2D eigenvalue weighted by Gasteiger charge is -2.35. The molecule has 0 radical (unpaired) electrons. The normalized spacial score (nSPS) is 24.2. The van der Waals surface area contributed by atoms with Gasteiger partial charge in [-0.25, -0.2) is 4.98 Å². The first-order valence-electron chi connectivity index (χ1n) is 8.81. The highest BCUT2D eigenvalue weighted by Crippen LogP contribution is 2.38. The smallest absolute Gasteiger partial charge is 0.140 e. The second-order valence-corrected chi connectivity index (χ2v) is 7.05. The number of rotatable bonds is 2. The van der Waals surface area contributed by atoms with Crippen LogP contribution < -0.4 is 10.2 Å². The van der Waals surface area contributed by atoms with Crippen LogP contribution in [0.25, 0.3) is 22.3 Å². The van der Waals surface area contributed by atoms with Gasteiger partial charge in [0.15, 0.2) is 0 Å². The Hall–Kier alpha value is -2.34. The van der Waals surface area contributed by atoms with Gasteiger partial charge in [0.2, 0.25) is 0 Å². The predicted molar refractivity (Wildman–Crippen MR) is 95.1 cm³/mol. The van der Waals surface area contributed by atoms with E-state index < -0.39 is 0 Å². The molecule has 5 heterocycles. The Kier molecular flexibility index (Phi) is 3.13. The maximum absolute atomic E-state index is 4.51. The first kappa shape index (κ1) is 14.0. The van der Waals surface area contributed by atoms with Crippen LogP contribution in [0.1, 0.15) is 25.7 Å². The number of nitrogens with zero attached hydrogens (tertiary/aromatic N) is 3. The lowest BCUT2D eigenvalue weighted by Crippen LogP contribution is -2.50. The van der Waals surface area contributed by atoms with Crippen molar-refractivity contribution in [2.24, 2.45) is 0 Å². The third-order valence-corrected chi connectivity index (χ3v) is 5.60. The zero-order chi connectivity index (χ0) is 16.0. The molecule has 2 aliphatic heterocycles. The molecule has 2 aliphatic rings. The summed E-state index contributed by atoms with van der Waals surface area (Å²) in [5.74, 6) is 0. The topological polar surface area (TPSA) is 72.6 Å². The summed E-state index contributed by atoms with van der Waals surface area (Å²) in [6, 6.07) is 4.15. The molecule has 5 rings (SSSR count). The predicted octanol–water partition coefficient (Wildman–Crippen LogP) is 2.68. The van der Waals surface area contributed by atoms with E-state index in [-0.39, 0.29) is 0 Å². The molecule has 6 heteroatoms. The van der Waals surface area contributed by atoms with Crippen LogP contribution in [0.5, 0.6) is 0 Å². The van der Waals surface area contributed by atoms with Gasteiger partial charge in [-0.2, -0.15) is 5.10 Å². The molecule has 0 aliphatic carbocycles. The molecule has 6 nitrogen and oxygen atoms in total. The number of nitrogens with one attached hydrogen (secondary N) is 3. The highest BCUT2D eigenvalue weighted by Gasteiger charge is 2.39. The van der Waals surface area contributed by atoms with Crippen LogP contribution in [0.15, 0.2) is 30.7 Å². The Morgan fingerprint density at radius 2 is 2.17 bits per heavy atom. The minimum Gasteiger partial charge on any atom is -0.369 e. The largest absolute Gasteiger partial charge is 0.369 e. The van der Waals surface area contributed by atoms with E-state index in [1.807, 2.05) is 24.7 Å².